The highest BCUT2D eigenvalue weighted by atomic mass is 32.2. The van der Waals surface area contributed by atoms with Gasteiger partial charge in [0.2, 0.25) is 5.95 Å². The van der Waals surface area contributed by atoms with Crippen molar-refractivity contribution in [2.75, 3.05) is 6.26 Å². The van der Waals surface area contributed by atoms with E-state index < -0.39 is 35.1 Å². The molecular weight excluding hydrogens is 280 g/mol. The van der Waals surface area contributed by atoms with E-state index in [1.165, 1.54) is 0 Å². The Hall–Kier alpha value is -0.785. The zero-order chi connectivity index (χ0) is 15.1. The fourth-order valence-electron chi connectivity index (χ4n) is 1.92. The molecule has 0 saturated carbocycles. The van der Waals surface area contributed by atoms with Crippen LogP contribution in [0.4, 0.5) is 4.39 Å². The molecule has 4 nitrogen and oxygen atoms in total. The van der Waals surface area contributed by atoms with Crippen molar-refractivity contribution in [2.45, 2.75) is 44.6 Å². The van der Waals surface area contributed by atoms with Gasteiger partial charge in [-0.1, -0.05) is 6.07 Å². The summed E-state index contributed by atoms with van der Waals surface area (Å²) in [6.45, 7) is 7.64. The Bertz CT molecular complexity index is 534. The zero-order valence-corrected chi connectivity index (χ0v) is 13.2. The third-order valence-corrected chi connectivity index (χ3v) is 4.50. The molecule has 2 rings (SSSR count). The van der Waals surface area contributed by atoms with Crippen molar-refractivity contribution >= 4 is 23.4 Å². The monoisotopic (exact) mass is 299 g/mol. The molecule has 1 saturated heterocycles. The molecule has 7 heteroatoms. The number of rotatable bonds is 3. The highest BCUT2D eigenvalue weighted by Gasteiger charge is 2.52. The van der Waals surface area contributed by atoms with Gasteiger partial charge in [-0.2, -0.15) is 4.39 Å². The van der Waals surface area contributed by atoms with Gasteiger partial charge in [0, 0.05) is 22.5 Å². The van der Waals surface area contributed by atoms with Gasteiger partial charge >= 0.3 is 7.12 Å². The standard InChI is InChI=1S/C13H19BFNO3S/c1-12(2)13(3,4)19-14(18-12)10-7-6-9(8-20(5)17)16-11(10)15/h6-7H,8H2,1-5H3. The molecule has 0 aliphatic carbocycles. The smallest absolute Gasteiger partial charge is 0.399 e. The minimum Gasteiger partial charge on any atom is -0.399 e. The first-order valence-electron chi connectivity index (χ1n) is 6.43. The maximum atomic E-state index is 14.1. The average Bonchev–Trinajstić information content (AvgIpc) is 2.46. The van der Waals surface area contributed by atoms with Crippen LogP contribution in [0.3, 0.4) is 0 Å². The number of halogens is 1. The lowest BCUT2D eigenvalue weighted by Gasteiger charge is -2.32. The van der Waals surface area contributed by atoms with Crippen molar-refractivity contribution in [3.05, 3.63) is 23.8 Å². The van der Waals surface area contributed by atoms with Crippen LogP contribution in [0.2, 0.25) is 0 Å². The highest BCUT2D eigenvalue weighted by molar-refractivity contribution is 7.83. The molecular formula is C13H19BFNO3S. The molecule has 0 N–H and O–H groups in total. The second-order valence-electron chi connectivity index (χ2n) is 5.99. The van der Waals surface area contributed by atoms with Gasteiger partial charge in [-0.15, -0.1) is 0 Å². The summed E-state index contributed by atoms with van der Waals surface area (Å²) in [7, 11) is -1.82. The van der Waals surface area contributed by atoms with Gasteiger partial charge in [0.25, 0.3) is 0 Å². The van der Waals surface area contributed by atoms with E-state index in [0.717, 1.165) is 0 Å². The summed E-state index contributed by atoms with van der Waals surface area (Å²) < 4.78 is 36.8. The topological polar surface area (TPSA) is 48.4 Å². The van der Waals surface area contributed by atoms with Crippen LogP contribution >= 0.6 is 0 Å². The molecule has 1 unspecified atom stereocenters. The number of aromatic nitrogens is 1. The van der Waals surface area contributed by atoms with E-state index in [2.05, 4.69) is 4.98 Å². The zero-order valence-electron chi connectivity index (χ0n) is 12.4. The molecule has 2 heterocycles. The molecule has 0 radical (unpaired) electrons. The maximum absolute atomic E-state index is 14.1. The lowest BCUT2D eigenvalue weighted by molar-refractivity contribution is 0.00578. The molecule has 1 aliphatic rings. The van der Waals surface area contributed by atoms with E-state index >= 15 is 0 Å². The van der Waals surface area contributed by atoms with Crippen molar-refractivity contribution in [3.8, 4) is 0 Å². The quantitative estimate of drug-likeness (QED) is 0.625. The predicted octanol–water partition coefficient (Wildman–Crippen LogP) is 1.40. The summed E-state index contributed by atoms with van der Waals surface area (Å²) in [5.74, 6) is -0.396. The van der Waals surface area contributed by atoms with Gasteiger partial charge in [-0.3, -0.25) is 4.21 Å². The SMILES string of the molecule is CS(=O)Cc1ccc(B2OC(C)(C)C(C)(C)O2)c(F)n1. The lowest BCUT2D eigenvalue weighted by Crippen LogP contribution is -2.41. The van der Waals surface area contributed by atoms with Gasteiger partial charge in [-0.25, -0.2) is 4.98 Å². The molecule has 0 spiro atoms. The van der Waals surface area contributed by atoms with Crippen LogP contribution in [0, 0.1) is 5.95 Å². The summed E-state index contributed by atoms with van der Waals surface area (Å²) in [4.78, 5) is 3.83. The van der Waals surface area contributed by atoms with E-state index in [0.29, 0.717) is 5.69 Å². The summed E-state index contributed by atoms with van der Waals surface area (Å²) >= 11 is 0. The van der Waals surface area contributed by atoms with Crippen molar-refractivity contribution in [1.29, 1.82) is 0 Å². The van der Waals surface area contributed by atoms with E-state index in [9.17, 15) is 8.60 Å². The Morgan fingerprint density at radius 1 is 1.25 bits per heavy atom. The summed E-state index contributed by atoms with van der Waals surface area (Å²) in [6.07, 6.45) is 1.56. The minimum absolute atomic E-state index is 0.237. The van der Waals surface area contributed by atoms with Crippen molar-refractivity contribution in [3.63, 3.8) is 0 Å². The Morgan fingerprint density at radius 3 is 2.25 bits per heavy atom. The minimum atomic E-state index is -1.05. The average molecular weight is 299 g/mol. The Morgan fingerprint density at radius 2 is 1.80 bits per heavy atom. The normalized spacial score (nSPS) is 22.0. The molecule has 0 bridgehead atoms. The molecule has 0 amide bonds. The Labute approximate surface area is 121 Å². The van der Waals surface area contributed by atoms with Crippen LogP contribution in [-0.4, -0.2) is 33.8 Å². The van der Waals surface area contributed by atoms with E-state index in [1.807, 2.05) is 27.7 Å². The third kappa shape index (κ3) is 2.94. The molecule has 1 aliphatic heterocycles. The molecule has 1 atom stereocenters. The van der Waals surface area contributed by atoms with Gasteiger partial charge in [0.15, 0.2) is 0 Å². The van der Waals surface area contributed by atoms with Crippen LogP contribution in [-0.2, 0) is 25.9 Å². The van der Waals surface area contributed by atoms with Crippen molar-refractivity contribution in [2.24, 2.45) is 0 Å². The number of pyridine rings is 1. The summed E-state index contributed by atoms with van der Waals surface area (Å²) in [5.41, 5.74) is -0.306. The summed E-state index contributed by atoms with van der Waals surface area (Å²) in [5, 5.41) is 0. The van der Waals surface area contributed by atoms with Crippen molar-refractivity contribution in [1.82, 2.24) is 4.98 Å². The molecule has 110 valence electrons. The first-order valence-corrected chi connectivity index (χ1v) is 8.16. The fourth-order valence-corrected chi connectivity index (χ4v) is 2.49. The molecule has 1 fully saturated rings. The molecule has 1 aromatic rings. The molecule has 20 heavy (non-hydrogen) atoms. The first kappa shape index (κ1) is 15.6. The second-order valence-corrected chi connectivity index (χ2v) is 7.42. The van der Waals surface area contributed by atoms with E-state index in [4.69, 9.17) is 9.31 Å². The maximum Gasteiger partial charge on any atom is 0.499 e. The van der Waals surface area contributed by atoms with Crippen LogP contribution < -0.4 is 5.46 Å². The van der Waals surface area contributed by atoms with Gasteiger partial charge < -0.3 is 9.31 Å². The van der Waals surface area contributed by atoms with Gasteiger partial charge in [0.1, 0.15) is 0 Å². The Balaban J connectivity index is 2.25. The predicted molar refractivity (Wildman–Crippen MR) is 77.7 cm³/mol. The van der Waals surface area contributed by atoms with Gasteiger partial charge in [0.05, 0.1) is 22.6 Å². The first-order chi connectivity index (χ1) is 9.12. The summed E-state index contributed by atoms with van der Waals surface area (Å²) in [6, 6.07) is 3.25. The number of hydrogen-bond acceptors (Lipinski definition) is 4. The molecule has 1 aromatic heterocycles. The van der Waals surface area contributed by atoms with E-state index in [1.54, 1.807) is 18.4 Å². The van der Waals surface area contributed by atoms with E-state index in [-0.39, 0.29) is 11.2 Å². The third-order valence-electron chi connectivity index (χ3n) is 3.79. The highest BCUT2D eigenvalue weighted by Crippen LogP contribution is 2.36. The van der Waals surface area contributed by atoms with Crippen LogP contribution in [0.5, 0.6) is 0 Å². The molecule has 0 aromatic carbocycles. The largest absolute Gasteiger partial charge is 0.499 e. The van der Waals surface area contributed by atoms with Crippen molar-refractivity contribution < 1.29 is 17.9 Å². The Kier molecular flexibility index (Phi) is 4.06. The lowest BCUT2D eigenvalue weighted by atomic mass is 9.80. The van der Waals surface area contributed by atoms with Gasteiger partial charge in [-0.05, 0) is 33.8 Å². The number of nitrogens with zero attached hydrogens (tertiary/aromatic N) is 1. The number of hydrogen-bond donors (Lipinski definition) is 0. The van der Waals surface area contributed by atoms with Crippen LogP contribution in [0.1, 0.15) is 33.4 Å². The second kappa shape index (κ2) is 5.20. The fraction of sp³-hybridized carbons (Fsp3) is 0.615. The van der Waals surface area contributed by atoms with Crippen LogP contribution in [0.25, 0.3) is 0 Å². The van der Waals surface area contributed by atoms with Crippen LogP contribution in [0.15, 0.2) is 12.1 Å².